The third-order valence-electron chi connectivity index (χ3n) is 4.33. The molecule has 0 saturated heterocycles. The van der Waals surface area contributed by atoms with Crippen LogP contribution in [0, 0.1) is 6.92 Å². The van der Waals surface area contributed by atoms with Crippen molar-refractivity contribution >= 4 is 34.1 Å². The molecule has 0 bridgehead atoms. The van der Waals surface area contributed by atoms with Crippen molar-refractivity contribution in [3.63, 3.8) is 0 Å². The molecule has 0 atom stereocenters. The van der Waals surface area contributed by atoms with Crippen LogP contribution >= 0.6 is 11.3 Å². The fraction of sp³-hybridized carbons (Fsp3) is 0.381. The largest absolute Gasteiger partial charge is 0.462 e. The Labute approximate surface area is 188 Å². The average molecular weight is 470 g/mol. The number of ether oxygens (including phenoxy) is 2. The van der Waals surface area contributed by atoms with Crippen molar-refractivity contribution < 1.29 is 32.6 Å². The molecule has 1 aromatic carbocycles. The van der Waals surface area contributed by atoms with Crippen LogP contribution in [-0.2, 0) is 16.1 Å². The lowest BCUT2D eigenvalue weighted by Gasteiger charge is -2.16. The van der Waals surface area contributed by atoms with Gasteiger partial charge in [0, 0.05) is 13.6 Å². The van der Waals surface area contributed by atoms with E-state index in [9.17, 15) is 23.2 Å². The average Bonchev–Trinajstić information content (AvgIpc) is 3.04. The smallest absolute Gasteiger partial charge is 0.387 e. The van der Waals surface area contributed by atoms with Crippen molar-refractivity contribution in [1.82, 2.24) is 10.2 Å². The molecule has 1 heterocycles. The molecule has 0 spiro atoms. The molecule has 8 nitrogen and oxygen atoms in total. The van der Waals surface area contributed by atoms with Crippen LogP contribution in [0.5, 0.6) is 5.75 Å². The molecule has 174 valence electrons. The van der Waals surface area contributed by atoms with E-state index >= 15 is 0 Å². The molecule has 0 aliphatic carbocycles. The highest BCUT2D eigenvalue weighted by Crippen LogP contribution is 2.33. The maximum absolute atomic E-state index is 12.6. The summed E-state index contributed by atoms with van der Waals surface area (Å²) in [5.74, 6) is -1.32. The fourth-order valence-corrected chi connectivity index (χ4v) is 4.09. The summed E-state index contributed by atoms with van der Waals surface area (Å²) in [6, 6.07) is 6.11. The van der Waals surface area contributed by atoms with Crippen LogP contribution in [0.1, 0.15) is 38.1 Å². The molecule has 0 fully saturated rings. The van der Waals surface area contributed by atoms with Crippen molar-refractivity contribution in [2.75, 3.05) is 32.6 Å². The van der Waals surface area contributed by atoms with Crippen molar-refractivity contribution in [2.45, 2.75) is 27.0 Å². The summed E-state index contributed by atoms with van der Waals surface area (Å²) in [6.07, 6.45) is 0. The van der Waals surface area contributed by atoms with Gasteiger partial charge >= 0.3 is 12.6 Å². The molecule has 2 rings (SSSR count). The molecule has 0 saturated carbocycles. The molecule has 0 aliphatic heterocycles. The van der Waals surface area contributed by atoms with Gasteiger partial charge in [-0.2, -0.15) is 8.78 Å². The van der Waals surface area contributed by atoms with E-state index in [0.717, 1.165) is 16.9 Å². The highest BCUT2D eigenvalue weighted by molar-refractivity contribution is 7.18. The summed E-state index contributed by atoms with van der Waals surface area (Å²) < 4.78 is 33.9. The number of hydrogen-bond donors (Lipinski definition) is 2. The predicted octanol–water partition coefficient (Wildman–Crippen LogP) is 3.26. The van der Waals surface area contributed by atoms with Crippen LogP contribution < -0.4 is 15.4 Å². The van der Waals surface area contributed by atoms with Crippen LogP contribution in [0.25, 0.3) is 0 Å². The molecule has 11 heteroatoms. The number of alkyl halides is 2. The van der Waals surface area contributed by atoms with Gasteiger partial charge in [0.25, 0.3) is 5.91 Å². The molecule has 32 heavy (non-hydrogen) atoms. The zero-order valence-corrected chi connectivity index (χ0v) is 19.0. The highest BCUT2D eigenvalue weighted by atomic mass is 32.1. The predicted molar refractivity (Wildman–Crippen MR) is 116 cm³/mol. The standard InChI is InChI=1S/C21H25F2N3O5S/c1-5-30-20(29)16-12(2)17(18(28)24-3)32-19(16)25-15(27)11-26(4)10-13-6-8-14(9-7-13)31-21(22)23/h6-9,21H,5,10-11H2,1-4H3,(H,24,28)(H,25,27). The van der Waals surface area contributed by atoms with Gasteiger partial charge in [-0.05, 0) is 44.2 Å². The Morgan fingerprint density at radius 3 is 2.41 bits per heavy atom. The zero-order valence-electron chi connectivity index (χ0n) is 18.2. The maximum Gasteiger partial charge on any atom is 0.387 e. The first kappa shape index (κ1) is 25.2. The lowest BCUT2D eigenvalue weighted by atomic mass is 10.1. The van der Waals surface area contributed by atoms with Gasteiger partial charge in [0.1, 0.15) is 10.8 Å². The number of rotatable bonds is 10. The van der Waals surface area contributed by atoms with E-state index in [1.807, 2.05) is 0 Å². The normalized spacial score (nSPS) is 10.9. The van der Waals surface area contributed by atoms with Gasteiger partial charge in [0.2, 0.25) is 5.91 Å². The Morgan fingerprint density at radius 2 is 1.84 bits per heavy atom. The second-order valence-corrected chi connectivity index (χ2v) is 7.82. The molecule has 0 aliphatic rings. The van der Waals surface area contributed by atoms with Gasteiger partial charge in [-0.3, -0.25) is 14.5 Å². The highest BCUT2D eigenvalue weighted by Gasteiger charge is 2.26. The Hall–Kier alpha value is -3.05. The van der Waals surface area contributed by atoms with Crippen LogP contribution in [-0.4, -0.2) is 56.5 Å². The number of benzene rings is 1. The number of esters is 1. The lowest BCUT2D eigenvalue weighted by molar-refractivity contribution is -0.117. The summed E-state index contributed by atoms with van der Waals surface area (Å²) in [6.45, 7) is 0.913. The van der Waals surface area contributed by atoms with Crippen molar-refractivity contribution in [3.8, 4) is 5.75 Å². The number of carbonyl (C=O) groups is 3. The van der Waals surface area contributed by atoms with Crippen LogP contribution in [0.4, 0.5) is 13.8 Å². The van der Waals surface area contributed by atoms with Crippen LogP contribution in [0.3, 0.4) is 0 Å². The molecule has 0 radical (unpaired) electrons. The SMILES string of the molecule is CCOC(=O)c1c(NC(=O)CN(C)Cc2ccc(OC(F)F)cc2)sc(C(=O)NC)c1C. The second kappa shape index (κ2) is 11.5. The summed E-state index contributed by atoms with van der Waals surface area (Å²) in [4.78, 5) is 39.1. The van der Waals surface area contributed by atoms with E-state index in [4.69, 9.17) is 4.74 Å². The van der Waals surface area contributed by atoms with E-state index < -0.39 is 12.6 Å². The Morgan fingerprint density at radius 1 is 1.19 bits per heavy atom. The number of nitrogens with zero attached hydrogens (tertiary/aromatic N) is 1. The Kier molecular flexibility index (Phi) is 9.09. The summed E-state index contributed by atoms with van der Waals surface area (Å²) in [7, 11) is 3.19. The van der Waals surface area contributed by atoms with Crippen LogP contribution in [0.15, 0.2) is 24.3 Å². The minimum absolute atomic E-state index is 0.0101. The lowest BCUT2D eigenvalue weighted by Crippen LogP contribution is -2.30. The van der Waals surface area contributed by atoms with Crippen molar-refractivity contribution in [1.29, 1.82) is 0 Å². The number of carbonyl (C=O) groups excluding carboxylic acids is 3. The Bertz CT molecular complexity index is 963. The fourth-order valence-electron chi connectivity index (χ4n) is 2.94. The molecule has 2 aromatic rings. The van der Waals surface area contributed by atoms with Gasteiger partial charge < -0.3 is 20.1 Å². The summed E-state index contributed by atoms with van der Waals surface area (Å²) in [5.41, 5.74) is 1.38. The number of amides is 2. The van der Waals surface area contributed by atoms with Crippen LogP contribution in [0.2, 0.25) is 0 Å². The van der Waals surface area contributed by atoms with Gasteiger partial charge in [0.15, 0.2) is 0 Å². The first-order chi connectivity index (χ1) is 15.2. The third-order valence-corrected chi connectivity index (χ3v) is 5.53. The third kappa shape index (κ3) is 6.72. The zero-order chi connectivity index (χ0) is 23.8. The van der Waals surface area contributed by atoms with Gasteiger partial charge in [-0.15, -0.1) is 11.3 Å². The number of likely N-dealkylation sites (N-methyl/N-ethyl adjacent to an activating group) is 1. The number of nitrogens with one attached hydrogen (secondary N) is 2. The number of hydrogen-bond acceptors (Lipinski definition) is 7. The Balaban J connectivity index is 2.08. The minimum atomic E-state index is -2.89. The van der Waals surface area contributed by atoms with Gasteiger partial charge in [-0.25, -0.2) is 4.79 Å². The minimum Gasteiger partial charge on any atom is -0.462 e. The van der Waals surface area contributed by atoms with Gasteiger partial charge in [0.05, 0.1) is 23.6 Å². The first-order valence-corrected chi connectivity index (χ1v) is 10.5. The number of anilines is 1. The summed E-state index contributed by atoms with van der Waals surface area (Å²) >= 11 is 1.00. The molecule has 1 aromatic heterocycles. The maximum atomic E-state index is 12.6. The van der Waals surface area contributed by atoms with Crippen molar-refractivity contribution in [3.05, 3.63) is 45.8 Å². The second-order valence-electron chi connectivity index (χ2n) is 6.80. The van der Waals surface area contributed by atoms with E-state index in [2.05, 4.69) is 15.4 Å². The first-order valence-electron chi connectivity index (χ1n) is 9.70. The van der Waals surface area contributed by atoms with E-state index in [-0.39, 0.29) is 41.3 Å². The van der Waals surface area contributed by atoms with E-state index in [0.29, 0.717) is 17.0 Å². The monoisotopic (exact) mass is 469 g/mol. The molecule has 2 N–H and O–H groups in total. The van der Waals surface area contributed by atoms with Crippen molar-refractivity contribution in [2.24, 2.45) is 0 Å². The molecule has 2 amide bonds. The molecular formula is C21H25F2N3O5S. The molecule has 0 unspecified atom stereocenters. The summed E-state index contributed by atoms with van der Waals surface area (Å²) in [5, 5.41) is 5.44. The number of halogens is 2. The topological polar surface area (TPSA) is 97.0 Å². The van der Waals surface area contributed by atoms with E-state index in [1.165, 1.54) is 19.2 Å². The van der Waals surface area contributed by atoms with Gasteiger partial charge in [-0.1, -0.05) is 12.1 Å². The number of thiophene rings is 1. The van der Waals surface area contributed by atoms with E-state index in [1.54, 1.807) is 37.9 Å². The quantitative estimate of drug-likeness (QED) is 0.519. The molecular weight excluding hydrogens is 444 g/mol.